The molecule has 9 heteroatoms. The number of anilines is 1. The maximum Gasteiger partial charge on any atom is 0.191 e. The fourth-order valence-electron chi connectivity index (χ4n) is 3.51. The summed E-state index contributed by atoms with van der Waals surface area (Å²) in [5.41, 5.74) is 1.03. The summed E-state index contributed by atoms with van der Waals surface area (Å²) in [4.78, 5) is 5.95. The van der Waals surface area contributed by atoms with Gasteiger partial charge in [-0.05, 0) is 24.6 Å². The van der Waals surface area contributed by atoms with Crippen LogP contribution in [-0.4, -0.2) is 52.4 Å². The van der Waals surface area contributed by atoms with E-state index in [2.05, 4.69) is 15.6 Å². The molecule has 1 heterocycles. The van der Waals surface area contributed by atoms with E-state index in [0.717, 1.165) is 17.7 Å². The lowest BCUT2D eigenvalue weighted by Gasteiger charge is -2.21. The van der Waals surface area contributed by atoms with E-state index in [0.29, 0.717) is 38.8 Å². The third-order valence-electron chi connectivity index (χ3n) is 5.00. The van der Waals surface area contributed by atoms with Crippen LogP contribution in [0.3, 0.4) is 0 Å². The number of para-hydroxylation sites is 2. The fraction of sp³-hybridized carbons (Fsp3) is 0.409. The van der Waals surface area contributed by atoms with Crippen LogP contribution >= 0.6 is 24.0 Å². The van der Waals surface area contributed by atoms with E-state index in [1.54, 1.807) is 19.1 Å². The van der Waals surface area contributed by atoms with Crippen LogP contribution in [0.1, 0.15) is 12.0 Å². The summed E-state index contributed by atoms with van der Waals surface area (Å²) in [5, 5.41) is 6.51. The minimum Gasteiger partial charge on any atom is -0.496 e. The lowest BCUT2D eigenvalue weighted by Crippen LogP contribution is -2.45. The van der Waals surface area contributed by atoms with Crippen LogP contribution in [0.2, 0.25) is 0 Å². The van der Waals surface area contributed by atoms with E-state index in [1.165, 1.54) is 18.2 Å². The smallest absolute Gasteiger partial charge is 0.191 e. The Labute approximate surface area is 199 Å². The molecule has 3 rings (SSSR count). The summed E-state index contributed by atoms with van der Waals surface area (Å²) in [5.74, 6) is 0.368. The van der Waals surface area contributed by atoms with E-state index in [4.69, 9.17) is 9.47 Å². The van der Waals surface area contributed by atoms with Crippen molar-refractivity contribution >= 4 is 35.6 Å². The van der Waals surface area contributed by atoms with Crippen molar-refractivity contribution in [3.8, 4) is 5.75 Å². The Balaban J connectivity index is 0.00000341. The molecule has 2 aromatic rings. The largest absolute Gasteiger partial charge is 0.496 e. The first kappa shape index (κ1) is 25.1. The minimum atomic E-state index is -0.537. The van der Waals surface area contributed by atoms with Crippen molar-refractivity contribution in [2.24, 2.45) is 4.99 Å². The van der Waals surface area contributed by atoms with Crippen molar-refractivity contribution in [1.82, 2.24) is 10.6 Å². The van der Waals surface area contributed by atoms with Gasteiger partial charge in [0.2, 0.25) is 0 Å². The number of aliphatic imine (C=N–C) groups is 1. The molecule has 0 radical (unpaired) electrons. The zero-order chi connectivity index (χ0) is 21.3. The predicted molar refractivity (Wildman–Crippen MR) is 130 cm³/mol. The Morgan fingerprint density at radius 3 is 2.61 bits per heavy atom. The molecule has 1 aliphatic heterocycles. The third kappa shape index (κ3) is 6.93. The number of ether oxygens (including phenoxy) is 2. The zero-order valence-corrected chi connectivity index (χ0v) is 20.1. The lowest BCUT2D eigenvalue weighted by atomic mass is 10.2. The summed E-state index contributed by atoms with van der Waals surface area (Å²) < 4.78 is 39.0. The van der Waals surface area contributed by atoms with Crippen LogP contribution < -0.4 is 20.3 Å². The Morgan fingerprint density at radius 2 is 1.90 bits per heavy atom. The highest BCUT2D eigenvalue weighted by molar-refractivity contribution is 14.0. The van der Waals surface area contributed by atoms with Crippen LogP contribution in [0.15, 0.2) is 47.5 Å². The molecule has 1 atom stereocenters. The maximum absolute atomic E-state index is 14.0. The van der Waals surface area contributed by atoms with Crippen LogP contribution in [0.5, 0.6) is 5.75 Å². The number of rotatable bonds is 8. The topological polar surface area (TPSA) is 58.1 Å². The summed E-state index contributed by atoms with van der Waals surface area (Å²) in [6, 6.07) is 11.7. The highest BCUT2D eigenvalue weighted by Crippen LogP contribution is 2.26. The summed E-state index contributed by atoms with van der Waals surface area (Å²) >= 11 is 0. The number of nitrogens with zero attached hydrogens (tertiary/aromatic N) is 2. The SMILES string of the molecule is CN=C(NCCOCc1ccccc1OC)NC1CCN(c2c(F)cccc2F)C1.I. The molecular weight excluding hydrogens is 517 g/mol. The molecule has 0 spiro atoms. The van der Waals surface area contributed by atoms with Gasteiger partial charge in [-0.25, -0.2) is 8.78 Å². The zero-order valence-electron chi connectivity index (χ0n) is 17.7. The summed E-state index contributed by atoms with van der Waals surface area (Å²) in [6.45, 7) is 2.62. The molecule has 0 aromatic heterocycles. The number of benzene rings is 2. The van der Waals surface area contributed by atoms with Gasteiger partial charge >= 0.3 is 0 Å². The lowest BCUT2D eigenvalue weighted by molar-refractivity contribution is 0.123. The Bertz CT molecular complexity index is 849. The van der Waals surface area contributed by atoms with Crippen LogP contribution in [0.4, 0.5) is 14.5 Å². The van der Waals surface area contributed by atoms with Gasteiger partial charge in [0.15, 0.2) is 5.96 Å². The standard InChI is InChI=1S/C22H28F2N4O2.HI/c1-25-22(26-11-13-30-15-16-6-3-4-9-20(16)29-2)27-17-10-12-28(14-17)21-18(23)7-5-8-19(21)24;/h3-9,17H,10-15H2,1-2H3,(H2,25,26,27);1H. The average Bonchev–Trinajstić information content (AvgIpc) is 3.20. The van der Waals surface area contributed by atoms with Gasteiger partial charge in [-0.1, -0.05) is 24.3 Å². The van der Waals surface area contributed by atoms with E-state index in [1.807, 2.05) is 24.3 Å². The fourth-order valence-corrected chi connectivity index (χ4v) is 3.51. The molecule has 6 nitrogen and oxygen atoms in total. The molecule has 0 amide bonds. The van der Waals surface area contributed by atoms with Gasteiger partial charge in [0.05, 0.1) is 20.3 Å². The van der Waals surface area contributed by atoms with Gasteiger partial charge in [0.1, 0.15) is 23.1 Å². The van der Waals surface area contributed by atoms with Gasteiger partial charge in [-0.2, -0.15) is 0 Å². The van der Waals surface area contributed by atoms with Gasteiger partial charge in [0, 0.05) is 38.3 Å². The summed E-state index contributed by atoms with van der Waals surface area (Å²) in [7, 11) is 3.33. The number of halogens is 3. The van der Waals surface area contributed by atoms with Gasteiger partial charge in [-0.15, -0.1) is 24.0 Å². The highest BCUT2D eigenvalue weighted by Gasteiger charge is 2.27. The number of nitrogens with one attached hydrogen (secondary N) is 2. The average molecular weight is 546 g/mol. The van der Waals surface area contributed by atoms with Crippen molar-refractivity contribution in [1.29, 1.82) is 0 Å². The molecule has 2 N–H and O–H groups in total. The molecule has 1 fully saturated rings. The molecule has 2 aromatic carbocycles. The second kappa shape index (κ2) is 12.7. The Hall–Kier alpha value is -2.14. The molecular formula is C22H29F2IN4O2. The molecule has 0 aliphatic carbocycles. The molecule has 1 aliphatic rings. The molecule has 31 heavy (non-hydrogen) atoms. The van der Waals surface area contributed by atoms with Gasteiger partial charge < -0.3 is 25.0 Å². The number of guanidine groups is 1. The first-order valence-electron chi connectivity index (χ1n) is 9.98. The third-order valence-corrected chi connectivity index (χ3v) is 5.00. The Kier molecular flexibility index (Phi) is 10.3. The minimum absolute atomic E-state index is 0. The highest BCUT2D eigenvalue weighted by atomic mass is 127. The van der Waals surface area contributed by atoms with Crippen molar-refractivity contribution in [3.63, 3.8) is 0 Å². The monoisotopic (exact) mass is 546 g/mol. The number of hydrogen-bond donors (Lipinski definition) is 2. The van der Waals surface area contributed by atoms with E-state index < -0.39 is 11.6 Å². The quantitative estimate of drug-likeness (QED) is 0.230. The van der Waals surface area contributed by atoms with Crippen molar-refractivity contribution in [2.45, 2.75) is 19.1 Å². The number of methoxy groups -OCH3 is 1. The molecule has 1 unspecified atom stereocenters. The van der Waals surface area contributed by atoms with E-state index in [9.17, 15) is 8.78 Å². The molecule has 1 saturated heterocycles. The van der Waals surface area contributed by atoms with Crippen LogP contribution in [-0.2, 0) is 11.3 Å². The van der Waals surface area contributed by atoms with Crippen LogP contribution in [0, 0.1) is 11.6 Å². The molecule has 170 valence electrons. The molecule has 0 saturated carbocycles. The maximum atomic E-state index is 14.0. The van der Waals surface area contributed by atoms with E-state index in [-0.39, 0.29) is 35.7 Å². The van der Waals surface area contributed by atoms with E-state index >= 15 is 0 Å². The first-order valence-corrected chi connectivity index (χ1v) is 9.98. The second-order valence-corrected chi connectivity index (χ2v) is 7.01. The first-order chi connectivity index (χ1) is 14.6. The van der Waals surface area contributed by atoms with Gasteiger partial charge in [-0.3, -0.25) is 4.99 Å². The van der Waals surface area contributed by atoms with Crippen molar-refractivity contribution in [3.05, 3.63) is 59.7 Å². The van der Waals surface area contributed by atoms with Crippen molar-refractivity contribution in [2.75, 3.05) is 45.3 Å². The normalized spacial score (nSPS) is 16.1. The number of hydrogen-bond acceptors (Lipinski definition) is 4. The predicted octanol–water partition coefficient (Wildman–Crippen LogP) is 3.55. The van der Waals surface area contributed by atoms with Crippen LogP contribution in [0.25, 0.3) is 0 Å². The second-order valence-electron chi connectivity index (χ2n) is 7.01. The van der Waals surface area contributed by atoms with Gasteiger partial charge in [0.25, 0.3) is 0 Å². The Morgan fingerprint density at radius 1 is 1.16 bits per heavy atom. The van der Waals surface area contributed by atoms with Crippen molar-refractivity contribution < 1.29 is 18.3 Å². The molecule has 0 bridgehead atoms. The summed E-state index contributed by atoms with van der Waals surface area (Å²) in [6.07, 6.45) is 0.763.